The first-order valence-electron chi connectivity index (χ1n) is 9.17. The Morgan fingerprint density at radius 1 is 1.14 bits per heavy atom. The van der Waals surface area contributed by atoms with Crippen LogP contribution < -0.4 is 4.72 Å². The SMILES string of the molecule is CC(C)c1ccc(S(=O)(=O)NC2=CCC(Cl)C=C2C(=O)c2cccc(Cl)c2)cc1. The van der Waals surface area contributed by atoms with Crippen molar-refractivity contribution in [1.29, 1.82) is 0 Å². The Morgan fingerprint density at radius 2 is 1.83 bits per heavy atom. The summed E-state index contributed by atoms with van der Waals surface area (Å²) in [5, 5.41) is 0.0257. The highest BCUT2D eigenvalue weighted by molar-refractivity contribution is 7.89. The zero-order valence-corrected chi connectivity index (χ0v) is 18.4. The second-order valence-electron chi connectivity index (χ2n) is 7.12. The largest absolute Gasteiger partial charge is 0.289 e. The van der Waals surface area contributed by atoms with Crippen LogP contribution in [-0.2, 0) is 10.0 Å². The summed E-state index contributed by atoms with van der Waals surface area (Å²) >= 11 is 12.2. The number of hydrogen-bond donors (Lipinski definition) is 1. The number of benzene rings is 2. The molecule has 1 N–H and O–H groups in total. The van der Waals surface area contributed by atoms with E-state index in [0.29, 0.717) is 22.9 Å². The van der Waals surface area contributed by atoms with Crippen molar-refractivity contribution in [2.45, 2.75) is 36.5 Å². The van der Waals surface area contributed by atoms with E-state index in [-0.39, 0.29) is 21.9 Å². The Bertz CT molecular complexity index is 1090. The van der Waals surface area contributed by atoms with Gasteiger partial charge in [0.1, 0.15) is 0 Å². The maximum Gasteiger partial charge on any atom is 0.261 e. The standard InChI is InChI=1S/C22H21Cl2NO3S/c1-14(2)15-6-9-19(10-7-15)29(27,28)25-21-11-8-18(24)13-20(21)22(26)16-4-3-5-17(23)12-16/h3-7,9-14,18,25H,8H2,1-2H3. The van der Waals surface area contributed by atoms with Gasteiger partial charge in [0.15, 0.2) is 5.78 Å². The molecule has 1 atom stereocenters. The zero-order chi connectivity index (χ0) is 21.2. The quantitative estimate of drug-likeness (QED) is 0.471. The molecule has 2 aromatic carbocycles. The molecule has 2 aromatic rings. The van der Waals surface area contributed by atoms with Gasteiger partial charge in [-0.2, -0.15) is 0 Å². The molecule has 4 nitrogen and oxygen atoms in total. The number of halogens is 2. The fourth-order valence-electron chi connectivity index (χ4n) is 2.99. The maximum atomic E-state index is 13.0. The Hall–Kier alpha value is -2.08. The van der Waals surface area contributed by atoms with Crippen molar-refractivity contribution >= 4 is 39.0 Å². The molecule has 0 amide bonds. The maximum absolute atomic E-state index is 13.0. The van der Waals surface area contributed by atoms with Crippen LogP contribution in [0, 0.1) is 0 Å². The van der Waals surface area contributed by atoms with Gasteiger partial charge in [-0.15, -0.1) is 11.6 Å². The Labute approximate surface area is 181 Å². The monoisotopic (exact) mass is 449 g/mol. The van der Waals surface area contributed by atoms with Gasteiger partial charge >= 0.3 is 0 Å². The molecule has 152 valence electrons. The minimum absolute atomic E-state index is 0.130. The van der Waals surface area contributed by atoms with Gasteiger partial charge in [0.2, 0.25) is 0 Å². The van der Waals surface area contributed by atoms with Crippen LogP contribution in [0.5, 0.6) is 0 Å². The molecule has 0 aromatic heterocycles. The number of ketones is 1. The number of hydrogen-bond acceptors (Lipinski definition) is 3. The first-order valence-corrected chi connectivity index (χ1v) is 11.5. The van der Waals surface area contributed by atoms with Crippen molar-refractivity contribution < 1.29 is 13.2 Å². The summed E-state index contributed by atoms with van der Waals surface area (Å²) in [6.07, 6.45) is 3.62. The van der Waals surface area contributed by atoms with E-state index in [1.54, 1.807) is 60.7 Å². The van der Waals surface area contributed by atoms with Gasteiger partial charge in [-0.25, -0.2) is 8.42 Å². The lowest BCUT2D eigenvalue weighted by Gasteiger charge is -2.20. The lowest BCUT2D eigenvalue weighted by atomic mass is 9.95. The van der Waals surface area contributed by atoms with Gasteiger partial charge in [-0.3, -0.25) is 9.52 Å². The summed E-state index contributed by atoms with van der Waals surface area (Å²) in [5.41, 5.74) is 1.84. The Balaban J connectivity index is 1.90. The molecule has 0 saturated carbocycles. The predicted molar refractivity (Wildman–Crippen MR) is 117 cm³/mol. The Kier molecular flexibility index (Phi) is 6.52. The zero-order valence-electron chi connectivity index (χ0n) is 16.0. The number of sulfonamides is 1. The third-order valence-electron chi connectivity index (χ3n) is 4.62. The molecule has 0 spiro atoms. The molecule has 0 aliphatic heterocycles. The van der Waals surface area contributed by atoms with Gasteiger partial charge in [-0.05, 0) is 42.2 Å². The van der Waals surface area contributed by atoms with E-state index < -0.39 is 15.4 Å². The van der Waals surface area contributed by atoms with Crippen molar-refractivity contribution in [2.24, 2.45) is 0 Å². The number of carbonyl (C=O) groups is 1. The molecule has 3 rings (SSSR count). The molecular weight excluding hydrogens is 429 g/mol. The first-order chi connectivity index (χ1) is 13.7. The first kappa shape index (κ1) is 21.6. The Morgan fingerprint density at radius 3 is 2.45 bits per heavy atom. The van der Waals surface area contributed by atoms with Crippen LogP contribution in [0.2, 0.25) is 5.02 Å². The van der Waals surface area contributed by atoms with E-state index >= 15 is 0 Å². The lowest BCUT2D eigenvalue weighted by molar-refractivity contribution is 0.103. The van der Waals surface area contributed by atoms with Crippen LogP contribution >= 0.6 is 23.2 Å². The van der Waals surface area contributed by atoms with Crippen molar-refractivity contribution in [3.05, 3.63) is 88.1 Å². The van der Waals surface area contributed by atoms with Gasteiger partial charge in [0, 0.05) is 16.2 Å². The number of rotatable bonds is 6. The average molecular weight is 450 g/mol. The molecule has 1 aliphatic carbocycles. The number of alkyl halides is 1. The van der Waals surface area contributed by atoms with Gasteiger partial charge in [0.25, 0.3) is 10.0 Å². The second kappa shape index (κ2) is 8.74. The lowest BCUT2D eigenvalue weighted by Crippen LogP contribution is -2.28. The van der Waals surface area contributed by atoms with E-state index in [1.807, 2.05) is 13.8 Å². The van der Waals surface area contributed by atoms with Crippen LogP contribution in [0.3, 0.4) is 0 Å². The van der Waals surface area contributed by atoms with Crippen LogP contribution in [0.15, 0.2) is 76.8 Å². The summed E-state index contributed by atoms with van der Waals surface area (Å²) in [6.45, 7) is 4.07. The summed E-state index contributed by atoms with van der Waals surface area (Å²) in [4.78, 5) is 13.1. The highest BCUT2D eigenvalue weighted by Gasteiger charge is 2.25. The topological polar surface area (TPSA) is 63.2 Å². The molecule has 1 unspecified atom stereocenters. The third kappa shape index (κ3) is 5.10. The fourth-order valence-corrected chi connectivity index (χ4v) is 4.49. The smallest absolute Gasteiger partial charge is 0.261 e. The minimum atomic E-state index is -3.86. The van der Waals surface area contributed by atoms with Crippen LogP contribution in [0.1, 0.15) is 42.1 Å². The van der Waals surface area contributed by atoms with Crippen molar-refractivity contribution in [3.8, 4) is 0 Å². The second-order valence-corrected chi connectivity index (χ2v) is 9.80. The normalized spacial score (nSPS) is 16.9. The van der Waals surface area contributed by atoms with Crippen LogP contribution in [0.4, 0.5) is 0 Å². The highest BCUT2D eigenvalue weighted by atomic mass is 35.5. The summed E-state index contributed by atoms with van der Waals surface area (Å²) in [5.74, 6) is -0.0479. The van der Waals surface area contributed by atoms with E-state index in [4.69, 9.17) is 23.2 Å². The molecule has 0 saturated heterocycles. The van der Waals surface area contributed by atoms with Crippen molar-refractivity contribution in [1.82, 2.24) is 4.72 Å². The summed E-state index contributed by atoms with van der Waals surface area (Å²) < 4.78 is 28.3. The number of Topliss-reactive ketones (excluding diaryl/α,β-unsaturated/α-hetero) is 1. The highest BCUT2D eigenvalue weighted by Crippen LogP contribution is 2.27. The molecule has 1 aliphatic rings. The predicted octanol–water partition coefficient (Wildman–Crippen LogP) is 5.45. The van der Waals surface area contributed by atoms with E-state index in [2.05, 4.69) is 4.72 Å². The number of carbonyl (C=O) groups excluding carboxylic acids is 1. The summed E-state index contributed by atoms with van der Waals surface area (Å²) in [6, 6.07) is 13.2. The number of allylic oxidation sites excluding steroid dienone is 3. The average Bonchev–Trinajstić information content (AvgIpc) is 2.68. The molecule has 0 bridgehead atoms. The van der Waals surface area contributed by atoms with E-state index in [1.165, 1.54) is 0 Å². The third-order valence-corrected chi connectivity index (χ3v) is 6.54. The molecule has 0 heterocycles. The van der Waals surface area contributed by atoms with Crippen LogP contribution in [0.25, 0.3) is 0 Å². The van der Waals surface area contributed by atoms with Gasteiger partial charge in [0.05, 0.1) is 16.0 Å². The van der Waals surface area contributed by atoms with E-state index in [9.17, 15) is 13.2 Å². The summed E-state index contributed by atoms with van der Waals surface area (Å²) in [7, 11) is -3.86. The van der Waals surface area contributed by atoms with E-state index in [0.717, 1.165) is 5.56 Å². The van der Waals surface area contributed by atoms with Gasteiger partial charge in [-0.1, -0.05) is 61.9 Å². The molecule has 7 heteroatoms. The molecular formula is C22H21Cl2NO3S. The number of nitrogens with one attached hydrogen (secondary N) is 1. The van der Waals surface area contributed by atoms with Crippen molar-refractivity contribution in [3.63, 3.8) is 0 Å². The molecule has 0 fully saturated rings. The van der Waals surface area contributed by atoms with Gasteiger partial charge < -0.3 is 0 Å². The van der Waals surface area contributed by atoms with Crippen molar-refractivity contribution in [2.75, 3.05) is 0 Å². The molecule has 0 radical (unpaired) electrons. The minimum Gasteiger partial charge on any atom is -0.289 e. The van der Waals surface area contributed by atoms with Crippen LogP contribution in [-0.4, -0.2) is 19.6 Å². The fraction of sp³-hybridized carbons (Fsp3) is 0.227. The molecule has 29 heavy (non-hydrogen) atoms.